The van der Waals surface area contributed by atoms with Crippen LogP contribution in [0.2, 0.25) is 0 Å². The fourth-order valence-corrected chi connectivity index (χ4v) is 2.19. The lowest BCUT2D eigenvalue weighted by Crippen LogP contribution is -2.17. The third kappa shape index (κ3) is 5.01. The van der Waals surface area contributed by atoms with Gasteiger partial charge in [-0.1, -0.05) is 24.3 Å². The minimum absolute atomic E-state index is 0.0460. The summed E-state index contributed by atoms with van der Waals surface area (Å²) < 4.78 is 80.2. The van der Waals surface area contributed by atoms with E-state index in [1.807, 2.05) is 0 Å². The van der Waals surface area contributed by atoms with Crippen LogP contribution in [-0.2, 0) is 11.0 Å². The van der Waals surface area contributed by atoms with Gasteiger partial charge in [0.1, 0.15) is 5.75 Å². The molecule has 1 N–H and O–H groups in total. The van der Waals surface area contributed by atoms with Crippen molar-refractivity contribution in [2.75, 3.05) is 0 Å². The summed E-state index contributed by atoms with van der Waals surface area (Å²) in [4.78, 5) is 10.7. The molecule has 0 saturated carbocycles. The van der Waals surface area contributed by atoms with Crippen LogP contribution in [0, 0.1) is 0 Å². The Balaban J connectivity index is 2.64. The SMILES string of the molecule is O=C(O)/C=C/c1cc(C(F)(F)F)ccc1-c1ccccc1OC(F)(F)F. The zero-order valence-corrected chi connectivity index (χ0v) is 12.7. The standard InChI is InChI=1S/C17H10F6O3/c18-16(19,20)11-6-7-12(10(9-11)5-8-15(24)25)13-3-1-2-4-14(13)26-17(21,22)23/h1-9H,(H,24,25)/b8-5+. The Bertz CT molecular complexity index is 837. The Morgan fingerprint density at radius 2 is 1.62 bits per heavy atom. The highest BCUT2D eigenvalue weighted by atomic mass is 19.4. The van der Waals surface area contributed by atoms with Crippen LogP contribution in [0.5, 0.6) is 5.75 Å². The molecule has 138 valence electrons. The van der Waals surface area contributed by atoms with E-state index < -0.39 is 29.8 Å². The molecule has 3 nitrogen and oxygen atoms in total. The lowest BCUT2D eigenvalue weighted by atomic mass is 9.96. The van der Waals surface area contributed by atoms with Crippen molar-refractivity contribution in [2.24, 2.45) is 0 Å². The van der Waals surface area contributed by atoms with E-state index >= 15 is 0 Å². The van der Waals surface area contributed by atoms with Gasteiger partial charge in [-0.3, -0.25) is 0 Å². The second-order valence-electron chi connectivity index (χ2n) is 5.02. The summed E-state index contributed by atoms with van der Waals surface area (Å²) in [5.74, 6) is -2.04. The van der Waals surface area contributed by atoms with E-state index in [2.05, 4.69) is 4.74 Å². The number of aliphatic carboxylic acids is 1. The zero-order chi connectivity index (χ0) is 19.5. The Morgan fingerprint density at radius 3 is 2.19 bits per heavy atom. The van der Waals surface area contributed by atoms with Gasteiger partial charge in [0.05, 0.1) is 5.56 Å². The predicted octanol–water partition coefficient (Wildman–Crippen LogP) is 5.37. The van der Waals surface area contributed by atoms with Crippen molar-refractivity contribution in [3.63, 3.8) is 0 Å². The van der Waals surface area contributed by atoms with Crippen molar-refractivity contribution in [1.29, 1.82) is 0 Å². The molecule has 0 amide bonds. The lowest BCUT2D eigenvalue weighted by Gasteiger charge is -2.16. The number of carbonyl (C=O) groups is 1. The molecule has 0 spiro atoms. The first kappa shape index (κ1) is 19.4. The Hall–Kier alpha value is -2.97. The first-order chi connectivity index (χ1) is 12.0. The smallest absolute Gasteiger partial charge is 0.478 e. The van der Waals surface area contributed by atoms with Gasteiger partial charge in [0.2, 0.25) is 0 Å². The second-order valence-corrected chi connectivity index (χ2v) is 5.02. The molecule has 0 aliphatic heterocycles. The number of benzene rings is 2. The third-order valence-electron chi connectivity index (χ3n) is 3.19. The van der Waals surface area contributed by atoms with E-state index in [9.17, 15) is 31.1 Å². The molecule has 0 aliphatic carbocycles. The van der Waals surface area contributed by atoms with E-state index in [0.717, 1.165) is 18.2 Å². The van der Waals surface area contributed by atoms with E-state index in [1.165, 1.54) is 18.2 Å². The van der Waals surface area contributed by atoms with Crippen LogP contribution < -0.4 is 4.74 Å². The van der Waals surface area contributed by atoms with Gasteiger partial charge < -0.3 is 9.84 Å². The van der Waals surface area contributed by atoms with Crippen molar-refractivity contribution in [2.45, 2.75) is 12.5 Å². The van der Waals surface area contributed by atoms with Crippen LogP contribution >= 0.6 is 0 Å². The first-order valence-electron chi connectivity index (χ1n) is 6.95. The largest absolute Gasteiger partial charge is 0.573 e. The highest BCUT2D eigenvalue weighted by Crippen LogP contribution is 2.38. The highest BCUT2D eigenvalue weighted by molar-refractivity contribution is 5.88. The third-order valence-corrected chi connectivity index (χ3v) is 3.19. The molecule has 0 atom stereocenters. The van der Waals surface area contributed by atoms with E-state index in [1.54, 1.807) is 0 Å². The average Bonchev–Trinajstić information content (AvgIpc) is 2.51. The van der Waals surface area contributed by atoms with Crippen molar-refractivity contribution >= 4 is 12.0 Å². The van der Waals surface area contributed by atoms with Gasteiger partial charge in [0.25, 0.3) is 0 Å². The van der Waals surface area contributed by atoms with Crippen molar-refractivity contribution in [1.82, 2.24) is 0 Å². The molecule has 26 heavy (non-hydrogen) atoms. The van der Waals surface area contributed by atoms with Crippen LogP contribution in [0.1, 0.15) is 11.1 Å². The normalized spacial score (nSPS) is 12.4. The quantitative estimate of drug-likeness (QED) is 0.577. The van der Waals surface area contributed by atoms with Gasteiger partial charge in [-0.25, -0.2) is 4.79 Å². The summed E-state index contributed by atoms with van der Waals surface area (Å²) >= 11 is 0. The highest BCUT2D eigenvalue weighted by Gasteiger charge is 2.33. The fraction of sp³-hybridized carbons (Fsp3) is 0.118. The minimum Gasteiger partial charge on any atom is -0.478 e. The molecule has 0 aromatic heterocycles. The van der Waals surface area contributed by atoms with Gasteiger partial charge in [0, 0.05) is 11.6 Å². The van der Waals surface area contributed by atoms with Crippen molar-refractivity contribution in [3.8, 4) is 16.9 Å². The molecule has 0 radical (unpaired) electrons. The monoisotopic (exact) mass is 376 g/mol. The van der Waals surface area contributed by atoms with Gasteiger partial charge in [-0.2, -0.15) is 13.2 Å². The van der Waals surface area contributed by atoms with Crippen molar-refractivity contribution in [3.05, 3.63) is 59.7 Å². The van der Waals surface area contributed by atoms with Gasteiger partial charge in [0.15, 0.2) is 0 Å². The molecule has 0 heterocycles. The molecule has 0 saturated heterocycles. The Labute approximate surface area is 143 Å². The summed E-state index contributed by atoms with van der Waals surface area (Å²) in [7, 11) is 0. The van der Waals surface area contributed by atoms with Gasteiger partial charge >= 0.3 is 18.5 Å². The number of halogens is 6. The second kappa shape index (κ2) is 7.11. The van der Waals surface area contributed by atoms with Crippen LogP contribution in [0.15, 0.2) is 48.5 Å². The Morgan fingerprint density at radius 1 is 0.962 bits per heavy atom. The summed E-state index contributed by atoms with van der Waals surface area (Å²) in [6.45, 7) is 0. The molecule has 0 unspecified atom stereocenters. The maximum atomic E-state index is 12.9. The van der Waals surface area contributed by atoms with Crippen LogP contribution in [-0.4, -0.2) is 17.4 Å². The molecule has 0 aliphatic rings. The van der Waals surface area contributed by atoms with Crippen LogP contribution in [0.25, 0.3) is 17.2 Å². The number of carboxylic acid groups (broad SMARTS) is 1. The zero-order valence-electron chi connectivity index (χ0n) is 12.7. The van der Waals surface area contributed by atoms with E-state index in [0.29, 0.717) is 18.2 Å². The van der Waals surface area contributed by atoms with E-state index in [4.69, 9.17) is 5.11 Å². The molecule has 0 fully saturated rings. The molecule has 2 aromatic rings. The van der Waals surface area contributed by atoms with Gasteiger partial charge in [-0.05, 0) is 35.4 Å². The first-order valence-corrected chi connectivity index (χ1v) is 6.95. The molecular formula is C17H10F6O3. The number of alkyl halides is 6. The maximum Gasteiger partial charge on any atom is 0.573 e. The molecule has 2 aromatic carbocycles. The van der Waals surface area contributed by atoms with Gasteiger partial charge in [-0.15, -0.1) is 13.2 Å². The minimum atomic E-state index is -5.00. The summed E-state index contributed by atoms with van der Waals surface area (Å²) in [5, 5.41) is 8.69. The summed E-state index contributed by atoms with van der Waals surface area (Å²) in [6, 6.07) is 7.18. The van der Waals surface area contributed by atoms with Crippen LogP contribution in [0.4, 0.5) is 26.3 Å². The number of carboxylic acids is 1. The number of ether oxygens (including phenoxy) is 1. The van der Waals surface area contributed by atoms with E-state index in [-0.39, 0.29) is 16.7 Å². The number of hydrogen-bond acceptors (Lipinski definition) is 2. The molecule has 2 rings (SSSR count). The molecule has 9 heteroatoms. The van der Waals surface area contributed by atoms with Crippen molar-refractivity contribution < 1.29 is 41.0 Å². The topological polar surface area (TPSA) is 46.5 Å². The fourth-order valence-electron chi connectivity index (χ4n) is 2.19. The summed E-state index contributed by atoms with van der Waals surface area (Å²) in [6.07, 6.45) is -8.24. The lowest BCUT2D eigenvalue weighted by molar-refractivity contribution is -0.274. The summed E-state index contributed by atoms with van der Waals surface area (Å²) in [5.41, 5.74) is -1.47. The number of rotatable bonds is 4. The average molecular weight is 376 g/mol. The number of hydrogen-bond donors (Lipinski definition) is 1. The molecular weight excluding hydrogens is 366 g/mol. The van der Waals surface area contributed by atoms with Crippen LogP contribution in [0.3, 0.4) is 0 Å². The molecule has 0 bridgehead atoms. The predicted molar refractivity (Wildman–Crippen MR) is 80.2 cm³/mol. The maximum absolute atomic E-state index is 12.9. The Kier molecular flexibility index (Phi) is 5.29. The number of para-hydroxylation sites is 1.